The number of likely N-dealkylation sites (N-methyl/N-ethyl adjacent to an activating group) is 1. The minimum absolute atomic E-state index is 0.0277. The van der Waals surface area contributed by atoms with Crippen molar-refractivity contribution in [1.82, 2.24) is 24.5 Å². The number of aromatic nitrogens is 2. The number of nitrogens with zero attached hydrogens (tertiary/aromatic N) is 5. The van der Waals surface area contributed by atoms with Crippen molar-refractivity contribution in [2.45, 2.75) is 32.9 Å². The molecule has 1 aromatic carbocycles. The first kappa shape index (κ1) is 20.6. The highest BCUT2D eigenvalue weighted by atomic mass is 16.2. The molecular weight excluding hydrogens is 350 g/mol. The maximum absolute atomic E-state index is 13.1. The Morgan fingerprint density at radius 1 is 1.14 bits per heavy atom. The molecule has 2 atom stereocenters. The second-order valence-electron chi connectivity index (χ2n) is 8.35. The van der Waals surface area contributed by atoms with E-state index in [1.54, 1.807) is 4.68 Å². The number of benzene rings is 1. The molecule has 1 fully saturated rings. The van der Waals surface area contributed by atoms with E-state index in [1.807, 2.05) is 18.0 Å². The van der Waals surface area contributed by atoms with Crippen LogP contribution in [0, 0.1) is 6.92 Å². The number of hydrogen-bond donors (Lipinski definition) is 0. The van der Waals surface area contributed by atoms with E-state index in [0.717, 1.165) is 37.4 Å². The third-order valence-corrected chi connectivity index (χ3v) is 5.64. The minimum Gasteiger partial charge on any atom is -0.334 e. The van der Waals surface area contributed by atoms with Crippen molar-refractivity contribution in [1.29, 1.82) is 0 Å². The molecule has 1 saturated heterocycles. The first-order valence-corrected chi connectivity index (χ1v) is 10.1. The molecule has 0 bridgehead atoms. The highest BCUT2D eigenvalue weighted by molar-refractivity contribution is 5.93. The van der Waals surface area contributed by atoms with Gasteiger partial charge in [-0.1, -0.05) is 29.8 Å². The second kappa shape index (κ2) is 8.45. The van der Waals surface area contributed by atoms with Crippen LogP contribution in [0.25, 0.3) is 11.3 Å². The topological polar surface area (TPSA) is 44.6 Å². The van der Waals surface area contributed by atoms with Gasteiger partial charge in [-0.25, -0.2) is 0 Å². The van der Waals surface area contributed by atoms with Gasteiger partial charge in [-0.05, 0) is 46.5 Å². The van der Waals surface area contributed by atoms with Crippen molar-refractivity contribution < 1.29 is 4.79 Å². The highest BCUT2D eigenvalue weighted by Crippen LogP contribution is 2.23. The molecule has 1 amide bonds. The van der Waals surface area contributed by atoms with Crippen molar-refractivity contribution >= 4 is 5.91 Å². The average molecular weight is 384 g/mol. The number of hydrogen-bond acceptors (Lipinski definition) is 4. The van der Waals surface area contributed by atoms with Gasteiger partial charge < -0.3 is 9.80 Å². The standard InChI is InChI=1S/C22H33N5O/c1-16-7-9-19(10-8-16)21-13-20(23-25(21)6)22(28)26-14-17(2)27(18(3)15-26)12-11-24(4)5/h7-10,13,17-18H,11-12,14-15H2,1-6H3. The second-order valence-corrected chi connectivity index (χ2v) is 8.35. The maximum atomic E-state index is 13.1. The number of piperazine rings is 1. The van der Waals surface area contributed by atoms with Crippen LogP contribution >= 0.6 is 0 Å². The molecule has 0 radical (unpaired) electrons. The molecule has 2 unspecified atom stereocenters. The summed E-state index contributed by atoms with van der Waals surface area (Å²) in [5.74, 6) is 0.0277. The third-order valence-electron chi connectivity index (χ3n) is 5.64. The third kappa shape index (κ3) is 4.45. The predicted octanol–water partition coefficient (Wildman–Crippen LogP) is 2.49. The summed E-state index contributed by atoms with van der Waals surface area (Å²) in [6.45, 7) is 10.0. The molecule has 3 rings (SSSR count). The lowest BCUT2D eigenvalue weighted by Crippen LogP contribution is -2.59. The van der Waals surface area contributed by atoms with Gasteiger partial charge in [0.05, 0.1) is 5.69 Å². The van der Waals surface area contributed by atoms with E-state index in [4.69, 9.17) is 0 Å². The fourth-order valence-corrected chi connectivity index (χ4v) is 4.01. The zero-order valence-corrected chi connectivity index (χ0v) is 18.0. The summed E-state index contributed by atoms with van der Waals surface area (Å²) in [5.41, 5.74) is 3.79. The smallest absolute Gasteiger partial charge is 0.274 e. The molecular formula is C22H33N5O. The first-order valence-electron chi connectivity index (χ1n) is 10.1. The highest BCUT2D eigenvalue weighted by Gasteiger charge is 2.33. The lowest BCUT2D eigenvalue weighted by atomic mass is 10.1. The van der Waals surface area contributed by atoms with Crippen molar-refractivity contribution in [3.05, 3.63) is 41.6 Å². The van der Waals surface area contributed by atoms with Crippen LogP contribution in [0.4, 0.5) is 0 Å². The van der Waals surface area contributed by atoms with Gasteiger partial charge in [-0.15, -0.1) is 0 Å². The number of carbonyl (C=O) groups is 1. The van der Waals surface area contributed by atoms with Gasteiger partial charge in [0.1, 0.15) is 0 Å². The first-order chi connectivity index (χ1) is 13.3. The Kier molecular flexibility index (Phi) is 6.20. The molecule has 2 heterocycles. The maximum Gasteiger partial charge on any atom is 0.274 e. The van der Waals surface area contributed by atoms with Crippen LogP contribution in [0.3, 0.4) is 0 Å². The molecule has 0 spiro atoms. The lowest BCUT2D eigenvalue weighted by Gasteiger charge is -2.44. The fourth-order valence-electron chi connectivity index (χ4n) is 4.01. The molecule has 152 valence electrons. The Morgan fingerprint density at radius 3 is 2.32 bits per heavy atom. The number of carbonyl (C=O) groups excluding carboxylic acids is 1. The van der Waals surface area contributed by atoms with Gasteiger partial charge in [0.2, 0.25) is 0 Å². The summed E-state index contributed by atoms with van der Waals surface area (Å²) in [5, 5.41) is 4.52. The summed E-state index contributed by atoms with van der Waals surface area (Å²) >= 11 is 0. The molecule has 6 heteroatoms. The Morgan fingerprint density at radius 2 is 1.75 bits per heavy atom. The molecule has 1 aliphatic rings. The lowest BCUT2D eigenvalue weighted by molar-refractivity contribution is 0.0278. The Hall–Kier alpha value is -2.18. The number of rotatable bonds is 5. The van der Waals surface area contributed by atoms with Crippen molar-refractivity contribution in [3.63, 3.8) is 0 Å². The summed E-state index contributed by atoms with van der Waals surface area (Å²) in [4.78, 5) is 19.8. The molecule has 0 N–H and O–H groups in total. The number of amides is 1. The SMILES string of the molecule is Cc1ccc(-c2cc(C(=O)N3CC(C)N(CCN(C)C)C(C)C3)nn2C)cc1. The van der Waals surface area contributed by atoms with E-state index >= 15 is 0 Å². The van der Waals surface area contributed by atoms with Gasteiger partial charge in [0, 0.05) is 45.3 Å². The summed E-state index contributed by atoms with van der Waals surface area (Å²) in [6, 6.07) is 10.9. The van der Waals surface area contributed by atoms with Crippen LogP contribution in [0.1, 0.15) is 29.9 Å². The summed E-state index contributed by atoms with van der Waals surface area (Å²) in [6.07, 6.45) is 0. The van der Waals surface area contributed by atoms with E-state index in [2.05, 4.69) is 74.0 Å². The van der Waals surface area contributed by atoms with Crippen molar-refractivity contribution in [2.75, 3.05) is 40.3 Å². The molecule has 1 aromatic heterocycles. The molecule has 6 nitrogen and oxygen atoms in total. The molecule has 1 aliphatic heterocycles. The van der Waals surface area contributed by atoms with Crippen LogP contribution in [-0.2, 0) is 7.05 Å². The van der Waals surface area contributed by atoms with Crippen LogP contribution in [0.15, 0.2) is 30.3 Å². The zero-order valence-electron chi connectivity index (χ0n) is 18.0. The Bertz CT molecular complexity index is 799. The Balaban J connectivity index is 1.73. The molecule has 0 aliphatic carbocycles. The summed E-state index contributed by atoms with van der Waals surface area (Å²) < 4.78 is 1.80. The van der Waals surface area contributed by atoms with E-state index in [-0.39, 0.29) is 5.91 Å². The quantitative estimate of drug-likeness (QED) is 0.796. The van der Waals surface area contributed by atoms with Crippen LogP contribution < -0.4 is 0 Å². The molecule has 0 saturated carbocycles. The predicted molar refractivity (Wildman–Crippen MR) is 113 cm³/mol. The van der Waals surface area contributed by atoms with Crippen LogP contribution in [-0.4, -0.2) is 82.7 Å². The van der Waals surface area contributed by atoms with Gasteiger partial charge in [0.15, 0.2) is 5.69 Å². The van der Waals surface area contributed by atoms with E-state index in [1.165, 1.54) is 5.56 Å². The van der Waals surface area contributed by atoms with Crippen molar-refractivity contribution in [3.8, 4) is 11.3 Å². The van der Waals surface area contributed by atoms with Gasteiger partial charge >= 0.3 is 0 Å². The van der Waals surface area contributed by atoms with Gasteiger partial charge in [-0.3, -0.25) is 14.4 Å². The number of aryl methyl sites for hydroxylation is 2. The van der Waals surface area contributed by atoms with E-state index in [9.17, 15) is 4.79 Å². The zero-order chi connectivity index (χ0) is 20.4. The average Bonchev–Trinajstić information content (AvgIpc) is 3.02. The fraction of sp³-hybridized carbons (Fsp3) is 0.545. The van der Waals surface area contributed by atoms with Crippen molar-refractivity contribution in [2.24, 2.45) is 7.05 Å². The van der Waals surface area contributed by atoms with Crippen LogP contribution in [0.5, 0.6) is 0 Å². The monoisotopic (exact) mass is 383 g/mol. The molecule has 28 heavy (non-hydrogen) atoms. The summed E-state index contributed by atoms with van der Waals surface area (Å²) in [7, 11) is 6.10. The normalized spacial score (nSPS) is 20.8. The van der Waals surface area contributed by atoms with E-state index in [0.29, 0.717) is 17.8 Å². The van der Waals surface area contributed by atoms with Gasteiger partial charge in [-0.2, -0.15) is 5.10 Å². The minimum atomic E-state index is 0.0277. The molecule has 2 aromatic rings. The van der Waals surface area contributed by atoms with Crippen LogP contribution in [0.2, 0.25) is 0 Å². The van der Waals surface area contributed by atoms with E-state index < -0.39 is 0 Å². The van der Waals surface area contributed by atoms with Gasteiger partial charge in [0.25, 0.3) is 5.91 Å². The Labute approximate surface area is 168 Å². The largest absolute Gasteiger partial charge is 0.334 e.